The number of hydrogen-bond acceptors (Lipinski definition) is 6. The summed E-state index contributed by atoms with van der Waals surface area (Å²) < 4.78 is 13.1. The average molecular weight is 562 g/mol. The van der Waals surface area contributed by atoms with Gasteiger partial charge in [-0.2, -0.15) is 5.26 Å². The minimum Gasteiger partial charge on any atom is -0.488 e. The Morgan fingerprint density at radius 2 is 2.19 bits per heavy atom. The Bertz CT molecular complexity index is 1090. The molecule has 4 rings (SSSR count). The minimum absolute atomic E-state index is 0.0612. The highest BCUT2D eigenvalue weighted by molar-refractivity contribution is 14.1. The predicted octanol–water partition coefficient (Wildman–Crippen LogP) is 5.12. The molecule has 158 valence electrons. The van der Waals surface area contributed by atoms with E-state index in [1.54, 1.807) is 11.0 Å². The van der Waals surface area contributed by atoms with E-state index in [1.807, 2.05) is 42.5 Å². The number of benzene rings is 2. The van der Waals surface area contributed by atoms with Crippen LogP contribution in [0.25, 0.3) is 6.08 Å². The van der Waals surface area contributed by atoms with Crippen molar-refractivity contribution in [2.24, 2.45) is 0 Å². The molecule has 0 bridgehead atoms. The van der Waals surface area contributed by atoms with Crippen molar-refractivity contribution in [3.63, 3.8) is 0 Å². The maximum atomic E-state index is 12.8. The zero-order valence-electron chi connectivity index (χ0n) is 16.5. The fourth-order valence-corrected chi connectivity index (χ4v) is 5.41. The van der Waals surface area contributed by atoms with Crippen molar-refractivity contribution in [3.8, 4) is 11.8 Å². The summed E-state index contributed by atoms with van der Waals surface area (Å²) in [6, 6.07) is 15.4. The van der Waals surface area contributed by atoms with Gasteiger partial charge in [0, 0.05) is 12.2 Å². The minimum atomic E-state index is -0.0612. The van der Waals surface area contributed by atoms with E-state index in [1.165, 1.54) is 11.8 Å². The molecule has 0 spiro atoms. The maximum Gasteiger partial charge on any atom is 0.266 e. The molecular formula is C23H19IN2O3S2. The number of carbonyl (C=O) groups is 1. The number of thioether (sulfide) groups is 1. The van der Waals surface area contributed by atoms with Gasteiger partial charge < -0.3 is 9.47 Å². The van der Waals surface area contributed by atoms with Crippen LogP contribution in [0.3, 0.4) is 0 Å². The Balaban J connectivity index is 1.44. The molecule has 2 aliphatic heterocycles. The fourth-order valence-electron chi connectivity index (χ4n) is 3.44. The van der Waals surface area contributed by atoms with E-state index >= 15 is 0 Å². The van der Waals surface area contributed by atoms with Crippen molar-refractivity contribution in [1.82, 2.24) is 4.90 Å². The van der Waals surface area contributed by atoms with Gasteiger partial charge in [0.2, 0.25) is 0 Å². The molecule has 1 amide bonds. The third kappa shape index (κ3) is 5.29. The molecular weight excluding hydrogens is 543 g/mol. The van der Waals surface area contributed by atoms with E-state index in [0.29, 0.717) is 27.9 Å². The number of nitrogens with zero attached hydrogens (tertiary/aromatic N) is 2. The lowest BCUT2D eigenvalue weighted by molar-refractivity contribution is -0.123. The van der Waals surface area contributed by atoms with Crippen LogP contribution in [0.1, 0.15) is 29.5 Å². The number of ether oxygens (including phenoxy) is 2. The van der Waals surface area contributed by atoms with Crippen molar-refractivity contribution in [2.75, 3.05) is 13.2 Å². The van der Waals surface area contributed by atoms with Crippen molar-refractivity contribution >= 4 is 62.9 Å². The SMILES string of the molecule is N#Cc1ccccc1COc1ccc(/C=C2\SC(=S)N(C[C@@H]3CCCO3)C2=O)cc1I. The van der Waals surface area contributed by atoms with Crippen LogP contribution in [0, 0.1) is 14.9 Å². The third-order valence-corrected chi connectivity index (χ3v) is 7.28. The van der Waals surface area contributed by atoms with Gasteiger partial charge in [0.15, 0.2) is 0 Å². The van der Waals surface area contributed by atoms with Crippen LogP contribution in [-0.4, -0.2) is 34.4 Å². The molecule has 2 saturated heterocycles. The predicted molar refractivity (Wildman–Crippen MR) is 134 cm³/mol. The van der Waals surface area contributed by atoms with Crippen molar-refractivity contribution in [2.45, 2.75) is 25.6 Å². The van der Waals surface area contributed by atoms with Gasteiger partial charge in [0.05, 0.1) is 32.8 Å². The Hall–Kier alpha value is -1.93. The summed E-state index contributed by atoms with van der Waals surface area (Å²) in [6.45, 7) is 1.60. The quantitative estimate of drug-likeness (QED) is 0.277. The molecule has 0 unspecified atom stereocenters. The first-order chi connectivity index (χ1) is 15.0. The molecule has 0 saturated carbocycles. The maximum absolute atomic E-state index is 12.8. The van der Waals surface area contributed by atoms with Crippen molar-refractivity contribution < 1.29 is 14.3 Å². The van der Waals surface area contributed by atoms with E-state index in [9.17, 15) is 10.1 Å². The molecule has 5 nitrogen and oxygen atoms in total. The number of nitriles is 1. The first-order valence-electron chi connectivity index (χ1n) is 9.82. The lowest BCUT2D eigenvalue weighted by atomic mass is 10.1. The van der Waals surface area contributed by atoms with Crippen LogP contribution in [0.5, 0.6) is 5.75 Å². The summed E-state index contributed by atoms with van der Waals surface area (Å²) in [5, 5.41) is 9.22. The molecule has 0 aromatic heterocycles. The summed E-state index contributed by atoms with van der Waals surface area (Å²) in [6.07, 6.45) is 3.94. The zero-order valence-corrected chi connectivity index (χ0v) is 20.3. The van der Waals surface area contributed by atoms with E-state index in [0.717, 1.165) is 39.9 Å². The van der Waals surface area contributed by atoms with Gasteiger partial charge in [0.25, 0.3) is 5.91 Å². The van der Waals surface area contributed by atoms with Gasteiger partial charge in [-0.15, -0.1) is 0 Å². The molecule has 0 radical (unpaired) electrons. The number of thiocarbonyl (C=S) groups is 1. The summed E-state index contributed by atoms with van der Waals surface area (Å²) in [5.41, 5.74) is 2.37. The van der Waals surface area contributed by atoms with Crippen LogP contribution in [-0.2, 0) is 16.1 Å². The lowest BCUT2D eigenvalue weighted by Gasteiger charge is -2.18. The zero-order chi connectivity index (χ0) is 21.8. The first kappa shape index (κ1) is 22.3. The molecule has 2 heterocycles. The average Bonchev–Trinajstić information content (AvgIpc) is 3.37. The van der Waals surface area contributed by atoms with E-state index in [-0.39, 0.29) is 12.0 Å². The summed E-state index contributed by atoms with van der Waals surface area (Å²) in [5.74, 6) is 0.672. The first-order valence-corrected chi connectivity index (χ1v) is 12.1. The second-order valence-corrected chi connectivity index (χ2v) is 10.0. The highest BCUT2D eigenvalue weighted by Gasteiger charge is 2.34. The Morgan fingerprint density at radius 1 is 1.35 bits per heavy atom. The molecule has 0 N–H and O–H groups in total. The van der Waals surface area contributed by atoms with Crippen molar-refractivity contribution in [3.05, 3.63) is 67.6 Å². The van der Waals surface area contributed by atoms with Crippen LogP contribution in [0.2, 0.25) is 0 Å². The monoisotopic (exact) mass is 562 g/mol. The molecule has 8 heteroatoms. The van der Waals surface area contributed by atoms with Gasteiger partial charge >= 0.3 is 0 Å². The third-order valence-electron chi connectivity index (χ3n) is 5.06. The molecule has 1 atom stereocenters. The smallest absolute Gasteiger partial charge is 0.266 e. The molecule has 31 heavy (non-hydrogen) atoms. The molecule has 2 aromatic carbocycles. The van der Waals surface area contributed by atoms with Gasteiger partial charge in [-0.05, 0) is 65.3 Å². The molecule has 2 aliphatic rings. The number of halogens is 1. The summed E-state index contributed by atoms with van der Waals surface area (Å²) in [7, 11) is 0. The van der Waals surface area contributed by atoms with E-state index in [2.05, 4.69) is 28.7 Å². The standard InChI is InChI=1S/C23H19IN2O3S2/c24-19-10-15(7-8-20(19)29-14-17-5-2-1-4-16(17)12-25)11-21-22(27)26(23(30)31-21)13-18-6-3-9-28-18/h1-2,4-5,7-8,10-11,18H,3,6,9,13-14H2/b21-11-/t18-/m0/s1. The van der Waals surface area contributed by atoms with E-state index < -0.39 is 0 Å². The summed E-state index contributed by atoms with van der Waals surface area (Å²) in [4.78, 5) is 15.1. The van der Waals surface area contributed by atoms with Crippen LogP contribution >= 0.6 is 46.6 Å². The van der Waals surface area contributed by atoms with Gasteiger partial charge in [-0.3, -0.25) is 9.69 Å². The second kappa shape index (κ2) is 10.1. The van der Waals surface area contributed by atoms with Gasteiger partial charge in [0.1, 0.15) is 16.7 Å². The van der Waals surface area contributed by atoms with Gasteiger partial charge in [-0.1, -0.05) is 48.2 Å². The summed E-state index contributed by atoms with van der Waals surface area (Å²) >= 11 is 8.97. The van der Waals surface area contributed by atoms with Gasteiger partial charge in [-0.25, -0.2) is 0 Å². The number of rotatable bonds is 6. The number of amides is 1. The van der Waals surface area contributed by atoms with Crippen LogP contribution < -0.4 is 4.74 Å². The van der Waals surface area contributed by atoms with E-state index in [4.69, 9.17) is 21.7 Å². The Kier molecular flexibility index (Phi) is 7.27. The topological polar surface area (TPSA) is 62.6 Å². The normalized spacial score (nSPS) is 19.8. The van der Waals surface area contributed by atoms with Crippen LogP contribution in [0.4, 0.5) is 0 Å². The largest absolute Gasteiger partial charge is 0.488 e. The molecule has 2 fully saturated rings. The Morgan fingerprint density at radius 3 is 2.94 bits per heavy atom. The highest BCUT2D eigenvalue weighted by Crippen LogP contribution is 2.34. The lowest BCUT2D eigenvalue weighted by Crippen LogP contribution is -2.35. The van der Waals surface area contributed by atoms with Crippen LogP contribution in [0.15, 0.2) is 47.4 Å². The second-order valence-electron chi connectivity index (χ2n) is 7.17. The highest BCUT2D eigenvalue weighted by atomic mass is 127. The molecule has 2 aromatic rings. The Labute approximate surface area is 204 Å². The number of hydrogen-bond donors (Lipinski definition) is 0. The molecule has 0 aliphatic carbocycles. The van der Waals surface area contributed by atoms with Crippen molar-refractivity contribution in [1.29, 1.82) is 5.26 Å². The number of carbonyl (C=O) groups excluding carboxylic acids is 1. The fraction of sp³-hybridized carbons (Fsp3) is 0.261.